The number of nitrogens with two attached hydrogens (primary N) is 1. The summed E-state index contributed by atoms with van der Waals surface area (Å²) in [6.45, 7) is 0.318. The summed E-state index contributed by atoms with van der Waals surface area (Å²) in [4.78, 5) is 16.3. The normalized spacial score (nSPS) is 12.9. The van der Waals surface area contributed by atoms with E-state index in [2.05, 4.69) is 15.5 Å². The van der Waals surface area contributed by atoms with Gasteiger partial charge in [0.1, 0.15) is 10.9 Å². The molecule has 0 spiro atoms. The zero-order valence-corrected chi connectivity index (χ0v) is 11.4. The standard InChI is InChI=1S/C13H14N4O2S/c14-12(17-19)11(9-4-2-1-3-5-9)13(18)16-8-10-15-6-7-20-10/h1-7,11,19H,8H2,(H2,14,17)(H,16,18). The van der Waals surface area contributed by atoms with Crippen LogP contribution in [0.15, 0.2) is 47.1 Å². The van der Waals surface area contributed by atoms with Gasteiger partial charge in [-0.25, -0.2) is 4.98 Å². The van der Waals surface area contributed by atoms with Crippen molar-refractivity contribution in [3.63, 3.8) is 0 Å². The van der Waals surface area contributed by atoms with Crippen molar-refractivity contribution < 1.29 is 10.0 Å². The van der Waals surface area contributed by atoms with Gasteiger partial charge in [-0.05, 0) is 5.56 Å². The monoisotopic (exact) mass is 290 g/mol. The van der Waals surface area contributed by atoms with Crippen molar-refractivity contribution in [2.24, 2.45) is 10.9 Å². The highest BCUT2D eigenvalue weighted by atomic mass is 32.1. The van der Waals surface area contributed by atoms with Crippen molar-refractivity contribution in [3.8, 4) is 0 Å². The van der Waals surface area contributed by atoms with Crippen LogP contribution in [-0.4, -0.2) is 21.9 Å². The van der Waals surface area contributed by atoms with Crippen molar-refractivity contribution in [1.29, 1.82) is 0 Å². The summed E-state index contributed by atoms with van der Waals surface area (Å²) in [7, 11) is 0. The number of thiazole rings is 1. The summed E-state index contributed by atoms with van der Waals surface area (Å²) in [6.07, 6.45) is 1.67. The van der Waals surface area contributed by atoms with Gasteiger partial charge in [-0.15, -0.1) is 11.3 Å². The van der Waals surface area contributed by atoms with Crippen molar-refractivity contribution in [2.75, 3.05) is 0 Å². The van der Waals surface area contributed by atoms with Crippen molar-refractivity contribution in [2.45, 2.75) is 12.5 Å². The van der Waals surface area contributed by atoms with Crippen LogP contribution in [0.4, 0.5) is 0 Å². The quantitative estimate of drug-likeness (QED) is 0.334. The van der Waals surface area contributed by atoms with Gasteiger partial charge in [-0.3, -0.25) is 4.79 Å². The van der Waals surface area contributed by atoms with Crippen molar-refractivity contribution >= 4 is 23.1 Å². The fourth-order valence-electron chi connectivity index (χ4n) is 1.76. The molecule has 1 unspecified atom stereocenters. The number of amidine groups is 1. The number of carbonyl (C=O) groups excluding carboxylic acids is 1. The Balaban J connectivity index is 2.13. The highest BCUT2D eigenvalue weighted by Crippen LogP contribution is 2.16. The smallest absolute Gasteiger partial charge is 0.235 e. The molecule has 6 nitrogen and oxygen atoms in total. The minimum absolute atomic E-state index is 0.146. The van der Waals surface area contributed by atoms with E-state index in [0.717, 1.165) is 5.01 Å². The fourth-order valence-corrected chi connectivity index (χ4v) is 2.32. The third kappa shape index (κ3) is 3.33. The molecule has 20 heavy (non-hydrogen) atoms. The maximum Gasteiger partial charge on any atom is 0.235 e. The summed E-state index contributed by atoms with van der Waals surface area (Å²) in [5.74, 6) is -1.30. The molecule has 1 atom stereocenters. The van der Waals surface area contributed by atoms with Gasteiger partial charge >= 0.3 is 0 Å². The molecule has 0 bridgehead atoms. The molecule has 0 aliphatic heterocycles. The molecule has 1 aromatic heterocycles. The average molecular weight is 290 g/mol. The Morgan fingerprint density at radius 3 is 2.80 bits per heavy atom. The second-order valence-corrected chi connectivity index (χ2v) is 4.99. The molecular weight excluding hydrogens is 276 g/mol. The first-order valence-electron chi connectivity index (χ1n) is 5.91. The van der Waals surface area contributed by atoms with Gasteiger partial charge in [0.25, 0.3) is 0 Å². The Morgan fingerprint density at radius 1 is 1.45 bits per heavy atom. The molecule has 0 fully saturated rings. The zero-order valence-electron chi connectivity index (χ0n) is 10.6. The van der Waals surface area contributed by atoms with Gasteiger partial charge in [0, 0.05) is 11.6 Å². The van der Waals surface area contributed by atoms with Crippen LogP contribution < -0.4 is 11.1 Å². The zero-order chi connectivity index (χ0) is 14.4. The number of amides is 1. The number of carbonyl (C=O) groups is 1. The molecular formula is C13H14N4O2S. The van der Waals surface area contributed by atoms with Gasteiger partial charge in [0.15, 0.2) is 5.84 Å². The van der Waals surface area contributed by atoms with E-state index in [4.69, 9.17) is 10.9 Å². The van der Waals surface area contributed by atoms with E-state index in [9.17, 15) is 4.79 Å². The minimum atomic E-state index is -0.818. The number of benzene rings is 1. The van der Waals surface area contributed by atoms with Crippen LogP contribution in [0.5, 0.6) is 0 Å². The molecule has 2 aromatic rings. The SMILES string of the molecule is NC(=NO)C(C(=O)NCc1nccs1)c1ccccc1. The van der Waals surface area contributed by atoms with Crippen LogP contribution in [0.3, 0.4) is 0 Å². The van der Waals surface area contributed by atoms with Crippen molar-refractivity contribution in [3.05, 3.63) is 52.5 Å². The summed E-state index contributed by atoms with van der Waals surface area (Å²) in [6, 6.07) is 8.93. The third-order valence-corrected chi connectivity index (χ3v) is 3.48. The van der Waals surface area contributed by atoms with E-state index in [-0.39, 0.29) is 11.7 Å². The second kappa shape index (κ2) is 6.67. The Kier molecular flexibility index (Phi) is 4.67. The summed E-state index contributed by atoms with van der Waals surface area (Å²) in [5, 5.41) is 17.2. The van der Waals surface area contributed by atoms with E-state index < -0.39 is 5.92 Å². The van der Waals surface area contributed by atoms with Crippen LogP contribution >= 0.6 is 11.3 Å². The molecule has 1 amide bonds. The summed E-state index contributed by atoms with van der Waals surface area (Å²) < 4.78 is 0. The lowest BCUT2D eigenvalue weighted by molar-refractivity contribution is -0.121. The van der Waals surface area contributed by atoms with Gasteiger partial charge in [-0.1, -0.05) is 35.5 Å². The Bertz CT molecular complexity index is 584. The lowest BCUT2D eigenvalue weighted by Crippen LogP contribution is -2.37. The van der Waals surface area contributed by atoms with Gasteiger partial charge in [0.05, 0.1) is 6.54 Å². The highest BCUT2D eigenvalue weighted by Gasteiger charge is 2.25. The van der Waals surface area contributed by atoms with E-state index >= 15 is 0 Å². The molecule has 2 rings (SSSR count). The highest BCUT2D eigenvalue weighted by molar-refractivity contribution is 7.09. The van der Waals surface area contributed by atoms with Crippen LogP contribution in [0, 0.1) is 0 Å². The number of oxime groups is 1. The Morgan fingerprint density at radius 2 is 2.20 bits per heavy atom. The number of rotatable bonds is 5. The number of aromatic nitrogens is 1. The second-order valence-electron chi connectivity index (χ2n) is 4.01. The predicted molar refractivity (Wildman–Crippen MR) is 76.6 cm³/mol. The van der Waals surface area contributed by atoms with Gasteiger partial charge in [0.2, 0.25) is 5.91 Å². The number of nitrogens with one attached hydrogen (secondary N) is 1. The number of hydrogen-bond acceptors (Lipinski definition) is 5. The summed E-state index contributed by atoms with van der Waals surface area (Å²) in [5.41, 5.74) is 6.29. The van der Waals surface area contributed by atoms with E-state index in [1.54, 1.807) is 30.5 Å². The maximum atomic E-state index is 12.2. The Hall–Kier alpha value is -2.41. The largest absolute Gasteiger partial charge is 0.409 e. The van der Waals surface area contributed by atoms with Crippen molar-refractivity contribution in [1.82, 2.24) is 10.3 Å². The Labute approximate surface area is 120 Å². The van der Waals surface area contributed by atoms with E-state index in [0.29, 0.717) is 12.1 Å². The molecule has 0 saturated heterocycles. The number of hydrogen-bond donors (Lipinski definition) is 3. The molecule has 4 N–H and O–H groups in total. The molecule has 0 aliphatic carbocycles. The predicted octanol–water partition coefficient (Wildman–Crippen LogP) is 1.29. The molecule has 1 aromatic carbocycles. The van der Waals surface area contributed by atoms with E-state index in [1.807, 2.05) is 11.4 Å². The molecule has 0 saturated carbocycles. The van der Waals surface area contributed by atoms with E-state index in [1.165, 1.54) is 11.3 Å². The fraction of sp³-hybridized carbons (Fsp3) is 0.154. The van der Waals surface area contributed by atoms with Gasteiger partial charge in [-0.2, -0.15) is 0 Å². The molecule has 0 radical (unpaired) electrons. The van der Waals surface area contributed by atoms with Crippen LogP contribution in [0.2, 0.25) is 0 Å². The lowest BCUT2D eigenvalue weighted by atomic mass is 9.97. The van der Waals surface area contributed by atoms with Crippen LogP contribution in [-0.2, 0) is 11.3 Å². The molecule has 1 heterocycles. The third-order valence-electron chi connectivity index (χ3n) is 2.70. The first-order chi connectivity index (χ1) is 9.72. The first-order valence-corrected chi connectivity index (χ1v) is 6.78. The first kappa shape index (κ1) is 14.0. The number of nitrogens with zero attached hydrogens (tertiary/aromatic N) is 2. The molecule has 7 heteroatoms. The van der Waals surface area contributed by atoms with Crippen LogP contribution in [0.1, 0.15) is 16.5 Å². The lowest BCUT2D eigenvalue weighted by Gasteiger charge is -2.15. The average Bonchev–Trinajstić information content (AvgIpc) is 2.99. The van der Waals surface area contributed by atoms with Gasteiger partial charge < -0.3 is 16.3 Å². The maximum absolute atomic E-state index is 12.2. The molecule has 0 aliphatic rings. The topological polar surface area (TPSA) is 101 Å². The minimum Gasteiger partial charge on any atom is -0.409 e. The summed E-state index contributed by atoms with van der Waals surface area (Å²) >= 11 is 1.45. The van der Waals surface area contributed by atoms with Crippen LogP contribution in [0.25, 0.3) is 0 Å². The molecule has 104 valence electrons.